The minimum absolute atomic E-state index is 0.0476. The molecular formula is C11H20N2O. The molecule has 0 saturated heterocycles. The molecule has 80 valence electrons. The molecule has 0 aliphatic rings. The zero-order valence-corrected chi connectivity index (χ0v) is 9.25. The van der Waals surface area contributed by atoms with Crippen molar-refractivity contribution in [1.29, 1.82) is 0 Å². The van der Waals surface area contributed by atoms with Crippen molar-refractivity contribution in [3.63, 3.8) is 0 Å². The Bertz CT molecular complexity index is 254. The maximum atomic E-state index is 8.94. The van der Waals surface area contributed by atoms with Crippen LogP contribution in [0.25, 0.3) is 0 Å². The van der Waals surface area contributed by atoms with Crippen LogP contribution in [0.1, 0.15) is 25.8 Å². The summed E-state index contributed by atoms with van der Waals surface area (Å²) in [5, 5.41) is 8.94. The monoisotopic (exact) mass is 196 g/mol. The second-order valence-corrected chi connectivity index (χ2v) is 4.36. The topological polar surface area (TPSA) is 39.3 Å². The van der Waals surface area contributed by atoms with Gasteiger partial charge in [0, 0.05) is 31.1 Å². The van der Waals surface area contributed by atoms with Crippen molar-refractivity contribution >= 4 is 0 Å². The number of aromatic amines is 1. The summed E-state index contributed by atoms with van der Waals surface area (Å²) in [6.45, 7) is 5.45. The number of aromatic nitrogens is 1. The van der Waals surface area contributed by atoms with Gasteiger partial charge in [0.05, 0.1) is 0 Å². The van der Waals surface area contributed by atoms with Gasteiger partial charge in [-0.3, -0.25) is 4.90 Å². The Morgan fingerprint density at radius 1 is 1.50 bits per heavy atom. The summed E-state index contributed by atoms with van der Waals surface area (Å²) in [7, 11) is 2.09. The lowest BCUT2D eigenvalue weighted by Gasteiger charge is -2.35. The first-order chi connectivity index (χ1) is 6.56. The first kappa shape index (κ1) is 11.3. The highest BCUT2D eigenvalue weighted by Gasteiger charge is 2.22. The zero-order chi connectivity index (χ0) is 10.6. The summed E-state index contributed by atoms with van der Waals surface area (Å²) in [5.74, 6) is 0. The molecule has 14 heavy (non-hydrogen) atoms. The number of hydrogen-bond acceptors (Lipinski definition) is 2. The highest BCUT2D eigenvalue weighted by atomic mass is 16.3. The molecule has 2 N–H and O–H groups in total. The maximum absolute atomic E-state index is 8.94. The molecule has 0 atom stereocenters. The molecule has 0 unspecified atom stereocenters. The van der Waals surface area contributed by atoms with Crippen LogP contribution in [0.15, 0.2) is 18.5 Å². The predicted octanol–water partition coefficient (Wildman–Crippen LogP) is 1.61. The Kier molecular flexibility index (Phi) is 3.72. The quantitative estimate of drug-likeness (QED) is 0.751. The summed E-state index contributed by atoms with van der Waals surface area (Å²) in [5.41, 5.74) is 1.32. The molecule has 0 aliphatic heterocycles. The average Bonchev–Trinajstić information content (AvgIpc) is 2.56. The largest absolute Gasteiger partial charge is 0.396 e. The van der Waals surface area contributed by atoms with E-state index in [1.54, 1.807) is 0 Å². The molecule has 0 spiro atoms. The fraction of sp³-hybridized carbons (Fsp3) is 0.636. The highest BCUT2D eigenvalue weighted by Crippen LogP contribution is 2.18. The molecule has 1 aromatic rings. The van der Waals surface area contributed by atoms with Crippen LogP contribution < -0.4 is 0 Å². The van der Waals surface area contributed by atoms with Gasteiger partial charge in [0.15, 0.2) is 0 Å². The van der Waals surface area contributed by atoms with Crippen molar-refractivity contribution in [1.82, 2.24) is 9.88 Å². The molecule has 3 heteroatoms. The Morgan fingerprint density at radius 3 is 2.71 bits per heavy atom. The van der Waals surface area contributed by atoms with Gasteiger partial charge < -0.3 is 10.1 Å². The molecule has 1 rings (SSSR count). The molecule has 1 aromatic heterocycles. The lowest BCUT2D eigenvalue weighted by atomic mass is 9.99. The standard InChI is InChI=1S/C11H20N2O/c1-11(2,5-7-14)13(3)9-10-4-6-12-8-10/h4,6,8,12,14H,5,7,9H2,1-3H3. The molecule has 0 saturated carbocycles. The van der Waals surface area contributed by atoms with Crippen LogP contribution in [0, 0.1) is 0 Å². The van der Waals surface area contributed by atoms with E-state index in [0.717, 1.165) is 13.0 Å². The van der Waals surface area contributed by atoms with E-state index in [4.69, 9.17) is 5.11 Å². The van der Waals surface area contributed by atoms with Gasteiger partial charge in [-0.2, -0.15) is 0 Å². The molecule has 0 fully saturated rings. The summed E-state index contributed by atoms with van der Waals surface area (Å²) in [6, 6.07) is 2.07. The molecular weight excluding hydrogens is 176 g/mol. The Labute approximate surface area is 85.7 Å². The van der Waals surface area contributed by atoms with Crippen LogP contribution in [0.2, 0.25) is 0 Å². The van der Waals surface area contributed by atoms with Gasteiger partial charge in [-0.05, 0) is 38.9 Å². The third-order valence-corrected chi connectivity index (χ3v) is 2.84. The SMILES string of the molecule is CN(Cc1cc[nH]c1)C(C)(C)CCO. The molecule has 3 nitrogen and oxygen atoms in total. The number of nitrogens with one attached hydrogen (secondary N) is 1. The summed E-state index contributed by atoms with van der Waals surface area (Å²) in [4.78, 5) is 5.30. The van der Waals surface area contributed by atoms with Gasteiger partial charge in [0.2, 0.25) is 0 Å². The number of aliphatic hydroxyl groups is 1. The van der Waals surface area contributed by atoms with E-state index in [1.807, 2.05) is 12.4 Å². The molecule has 0 amide bonds. The second kappa shape index (κ2) is 4.62. The number of rotatable bonds is 5. The van der Waals surface area contributed by atoms with Gasteiger partial charge in [-0.25, -0.2) is 0 Å². The third-order valence-electron chi connectivity index (χ3n) is 2.84. The lowest BCUT2D eigenvalue weighted by molar-refractivity contribution is 0.110. The van der Waals surface area contributed by atoms with E-state index in [1.165, 1.54) is 5.56 Å². The average molecular weight is 196 g/mol. The molecule has 0 aromatic carbocycles. The Morgan fingerprint density at radius 2 is 2.21 bits per heavy atom. The van der Waals surface area contributed by atoms with E-state index in [0.29, 0.717) is 0 Å². The number of nitrogens with zero attached hydrogens (tertiary/aromatic N) is 1. The minimum Gasteiger partial charge on any atom is -0.396 e. The van der Waals surface area contributed by atoms with E-state index >= 15 is 0 Å². The molecule has 0 bridgehead atoms. The van der Waals surface area contributed by atoms with Crippen molar-refractivity contribution in [2.75, 3.05) is 13.7 Å². The van der Waals surface area contributed by atoms with Gasteiger partial charge in [0.1, 0.15) is 0 Å². The normalized spacial score (nSPS) is 12.4. The van der Waals surface area contributed by atoms with Crippen molar-refractivity contribution in [2.24, 2.45) is 0 Å². The van der Waals surface area contributed by atoms with Gasteiger partial charge in [-0.1, -0.05) is 0 Å². The van der Waals surface area contributed by atoms with E-state index in [9.17, 15) is 0 Å². The number of H-pyrrole nitrogens is 1. The van der Waals surface area contributed by atoms with Crippen LogP contribution in [0.5, 0.6) is 0 Å². The van der Waals surface area contributed by atoms with Crippen LogP contribution >= 0.6 is 0 Å². The highest BCUT2D eigenvalue weighted by molar-refractivity contribution is 5.08. The van der Waals surface area contributed by atoms with Gasteiger partial charge in [0.25, 0.3) is 0 Å². The first-order valence-electron chi connectivity index (χ1n) is 5.00. The first-order valence-corrected chi connectivity index (χ1v) is 5.00. The van der Waals surface area contributed by atoms with Crippen molar-refractivity contribution in [2.45, 2.75) is 32.4 Å². The van der Waals surface area contributed by atoms with Crippen LogP contribution in [-0.2, 0) is 6.54 Å². The predicted molar refractivity (Wildman–Crippen MR) is 58.0 cm³/mol. The van der Waals surface area contributed by atoms with Crippen LogP contribution in [0.4, 0.5) is 0 Å². The fourth-order valence-electron chi connectivity index (χ4n) is 1.41. The summed E-state index contributed by atoms with van der Waals surface area (Å²) < 4.78 is 0. The van der Waals surface area contributed by atoms with Crippen LogP contribution in [-0.4, -0.2) is 34.2 Å². The van der Waals surface area contributed by atoms with E-state index in [-0.39, 0.29) is 12.1 Å². The van der Waals surface area contributed by atoms with Crippen molar-refractivity contribution < 1.29 is 5.11 Å². The summed E-state index contributed by atoms with van der Waals surface area (Å²) >= 11 is 0. The van der Waals surface area contributed by atoms with Gasteiger partial charge in [-0.15, -0.1) is 0 Å². The Balaban J connectivity index is 2.52. The van der Waals surface area contributed by atoms with E-state index in [2.05, 4.69) is 36.8 Å². The lowest BCUT2D eigenvalue weighted by Crippen LogP contribution is -2.41. The molecule has 1 heterocycles. The summed E-state index contributed by atoms with van der Waals surface area (Å²) in [6.07, 6.45) is 4.74. The number of hydrogen-bond donors (Lipinski definition) is 2. The number of aliphatic hydroxyl groups excluding tert-OH is 1. The second-order valence-electron chi connectivity index (χ2n) is 4.36. The third kappa shape index (κ3) is 2.86. The smallest absolute Gasteiger partial charge is 0.0448 e. The van der Waals surface area contributed by atoms with Crippen molar-refractivity contribution in [3.8, 4) is 0 Å². The van der Waals surface area contributed by atoms with Crippen LogP contribution in [0.3, 0.4) is 0 Å². The zero-order valence-electron chi connectivity index (χ0n) is 9.25. The van der Waals surface area contributed by atoms with Gasteiger partial charge >= 0.3 is 0 Å². The fourth-order valence-corrected chi connectivity index (χ4v) is 1.41. The van der Waals surface area contributed by atoms with Crippen molar-refractivity contribution in [3.05, 3.63) is 24.0 Å². The molecule has 0 aliphatic carbocycles. The Hall–Kier alpha value is -0.800. The maximum Gasteiger partial charge on any atom is 0.0448 e. The van der Waals surface area contributed by atoms with E-state index < -0.39 is 0 Å². The minimum atomic E-state index is 0.0476. The molecule has 0 radical (unpaired) electrons.